The van der Waals surface area contributed by atoms with Crippen molar-refractivity contribution in [2.24, 2.45) is 5.73 Å². The number of carbonyl (C=O) groups excluding carboxylic acids is 1. The standard InChI is InChI=1S/C11H21NO3S/c1-2-3-5-9(13)6-4-7-16-8-10(12)11(14)15/h2,10-11,14-15H,1,3-8,12H2/t10-/m0/s1. The van der Waals surface area contributed by atoms with Crippen LogP contribution >= 0.6 is 11.8 Å². The number of aliphatic hydroxyl groups excluding tert-OH is 1. The topological polar surface area (TPSA) is 83.6 Å². The highest BCUT2D eigenvalue weighted by molar-refractivity contribution is 7.99. The summed E-state index contributed by atoms with van der Waals surface area (Å²) in [5.41, 5.74) is 5.43. The van der Waals surface area contributed by atoms with Gasteiger partial charge in [-0.1, -0.05) is 6.08 Å². The quantitative estimate of drug-likeness (QED) is 0.300. The number of thioether (sulfide) groups is 1. The van der Waals surface area contributed by atoms with Crippen LogP contribution in [0.3, 0.4) is 0 Å². The average molecular weight is 247 g/mol. The number of Topliss-reactive ketones (excluding diaryl/α,β-unsaturated/α-hetero) is 1. The Bertz CT molecular complexity index is 209. The first-order valence-corrected chi connectivity index (χ1v) is 6.55. The minimum absolute atomic E-state index is 0.256. The summed E-state index contributed by atoms with van der Waals surface area (Å²) < 4.78 is 0. The lowest BCUT2D eigenvalue weighted by atomic mass is 10.1. The second-order valence-electron chi connectivity index (χ2n) is 3.62. The van der Waals surface area contributed by atoms with E-state index in [9.17, 15) is 4.79 Å². The Hall–Kier alpha value is -0.360. The second-order valence-corrected chi connectivity index (χ2v) is 4.77. The van der Waals surface area contributed by atoms with Crippen molar-refractivity contribution in [1.29, 1.82) is 0 Å². The first-order chi connectivity index (χ1) is 7.57. The van der Waals surface area contributed by atoms with Crippen molar-refractivity contribution in [3.05, 3.63) is 12.7 Å². The molecule has 0 aliphatic carbocycles. The van der Waals surface area contributed by atoms with Crippen molar-refractivity contribution in [2.75, 3.05) is 11.5 Å². The first kappa shape index (κ1) is 15.6. The summed E-state index contributed by atoms with van der Waals surface area (Å²) in [4.78, 5) is 11.2. The van der Waals surface area contributed by atoms with Crippen LogP contribution in [0.25, 0.3) is 0 Å². The number of hydrogen-bond donors (Lipinski definition) is 3. The van der Waals surface area contributed by atoms with Crippen LogP contribution in [0, 0.1) is 0 Å². The maximum absolute atomic E-state index is 11.2. The van der Waals surface area contributed by atoms with E-state index < -0.39 is 12.3 Å². The van der Waals surface area contributed by atoms with Gasteiger partial charge in [0, 0.05) is 18.6 Å². The highest BCUT2D eigenvalue weighted by Crippen LogP contribution is 2.08. The molecule has 0 aromatic carbocycles. The third-order valence-corrected chi connectivity index (χ3v) is 3.26. The smallest absolute Gasteiger partial charge is 0.167 e. The van der Waals surface area contributed by atoms with E-state index in [1.165, 1.54) is 11.8 Å². The van der Waals surface area contributed by atoms with Gasteiger partial charge >= 0.3 is 0 Å². The van der Waals surface area contributed by atoms with Gasteiger partial charge in [0.05, 0.1) is 6.04 Å². The van der Waals surface area contributed by atoms with Crippen molar-refractivity contribution >= 4 is 17.5 Å². The third-order valence-electron chi connectivity index (χ3n) is 2.06. The van der Waals surface area contributed by atoms with Gasteiger partial charge in [-0.15, -0.1) is 6.58 Å². The van der Waals surface area contributed by atoms with Crippen LogP contribution in [-0.2, 0) is 4.79 Å². The van der Waals surface area contributed by atoms with E-state index >= 15 is 0 Å². The van der Waals surface area contributed by atoms with Gasteiger partial charge in [-0.05, 0) is 18.6 Å². The van der Waals surface area contributed by atoms with Gasteiger partial charge in [-0.25, -0.2) is 0 Å². The number of carbonyl (C=O) groups is 1. The zero-order valence-corrected chi connectivity index (χ0v) is 10.3. The highest BCUT2D eigenvalue weighted by atomic mass is 32.2. The molecule has 0 heterocycles. The molecule has 0 saturated heterocycles. The predicted octanol–water partition coefficient (Wildman–Crippen LogP) is 0.673. The zero-order valence-electron chi connectivity index (χ0n) is 9.47. The van der Waals surface area contributed by atoms with Gasteiger partial charge in [0.15, 0.2) is 6.29 Å². The second kappa shape index (κ2) is 9.84. The van der Waals surface area contributed by atoms with Crippen LogP contribution < -0.4 is 5.73 Å². The normalized spacial score (nSPS) is 12.8. The molecule has 0 aliphatic rings. The molecular formula is C11H21NO3S. The van der Waals surface area contributed by atoms with Crippen molar-refractivity contribution < 1.29 is 15.0 Å². The van der Waals surface area contributed by atoms with Crippen LogP contribution in [0.15, 0.2) is 12.7 Å². The van der Waals surface area contributed by atoms with E-state index in [4.69, 9.17) is 15.9 Å². The summed E-state index contributed by atoms with van der Waals surface area (Å²) in [5.74, 6) is 1.57. The van der Waals surface area contributed by atoms with Gasteiger partial charge in [-0.2, -0.15) is 11.8 Å². The fourth-order valence-electron chi connectivity index (χ4n) is 1.06. The first-order valence-electron chi connectivity index (χ1n) is 5.40. The zero-order chi connectivity index (χ0) is 12.4. The Morgan fingerprint density at radius 1 is 1.44 bits per heavy atom. The van der Waals surface area contributed by atoms with Crippen LogP contribution in [0.2, 0.25) is 0 Å². The van der Waals surface area contributed by atoms with E-state index in [2.05, 4.69) is 6.58 Å². The fourth-order valence-corrected chi connectivity index (χ4v) is 2.02. The van der Waals surface area contributed by atoms with Crippen LogP contribution in [0.4, 0.5) is 0 Å². The summed E-state index contributed by atoms with van der Waals surface area (Å²) in [7, 11) is 0. The van der Waals surface area contributed by atoms with Crippen molar-refractivity contribution in [3.8, 4) is 0 Å². The summed E-state index contributed by atoms with van der Waals surface area (Å²) in [6.07, 6.45) is 3.00. The van der Waals surface area contributed by atoms with E-state index in [-0.39, 0.29) is 5.78 Å². The molecule has 0 bridgehead atoms. The molecule has 0 amide bonds. The van der Waals surface area contributed by atoms with Crippen LogP contribution in [-0.4, -0.2) is 39.8 Å². The summed E-state index contributed by atoms with van der Waals surface area (Å²) in [6.45, 7) is 3.56. The van der Waals surface area contributed by atoms with E-state index in [0.29, 0.717) is 18.6 Å². The number of allylic oxidation sites excluding steroid dienone is 1. The maximum Gasteiger partial charge on any atom is 0.167 e. The molecular weight excluding hydrogens is 226 g/mol. The molecule has 0 unspecified atom stereocenters. The molecule has 94 valence electrons. The van der Waals surface area contributed by atoms with Crippen molar-refractivity contribution in [3.63, 3.8) is 0 Å². The van der Waals surface area contributed by atoms with Crippen molar-refractivity contribution in [1.82, 2.24) is 0 Å². The number of nitrogens with two attached hydrogens (primary N) is 1. The number of ketones is 1. The Balaban J connectivity index is 3.33. The maximum atomic E-state index is 11.2. The molecule has 0 rings (SSSR count). The van der Waals surface area contributed by atoms with E-state index in [0.717, 1.165) is 18.6 Å². The molecule has 4 N–H and O–H groups in total. The van der Waals surface area contributed by atoms with Gasteiger partial charge in [-0.3, -0.25) is 4.79 Å². The molecule has 5 heteroatoms. The molecule has 0 saturated carbocycles. The largest absolute Gasteiger partial charge is 0.367 e. The van der Waals surface area contributed by atoms with Gasteiger partial charge in [0.2, 0.25) is 0 Å². The Morgan fingerprint density at radius 2 is 2.12 bits per heavy atom. The van der Waals surface area contributed by atoms with Gasteiger partial charge in [0.25, 0.3) is 0 Å². The number of hydrogen-bond acceptors (Lipinski definition) is 5. The molecule has 0 aliphatic heterocycles. The molecule has 4 nitrogen and oxygen atoms in total. The fraction of sp³-hybridized carbons (Fsp3) is 0.727. The molecule has 0 fully saturated rings. The van der Waals surface area contributed by atoms with Crippen molar-refractivity contribution in [2.45, 2.75) is 38.0 Å². The third kappa shape index (κ3) is 8.91. The molecule has 0 radical (unpaired) electrons. The predicted molar refractivity (Wildman–Crippen MR) is 67.2 cm³/mol. The molecule has 0 aromatic rings. The lowest BCUT2D eigenvalue weighted by Gasteiger charge is -2.12. The lowest BCUT2D eigenvalue weighted by Crippen LogP contribution is -2.36. The summed E-state index contributed by atoms with van der Waals surface area (Å²) in [5, 5.41) is 17.4. The van der Waals surface area contributed by atoms with Gasteiger partial charge < -0.3 is 15.9 Å². The Kier molecular flexibility index (Phi) is 9.62. The van der Waals surface area contributed by atoms with E-state index in [1.807, 2.05) is 0 Å². The Labute approximate surface area is 101 Å². The monoisotopic (exact) mass is 247 g/mol. The SMILES string of the molecule is C=CCCC(=O)CCCSC[C@H](N)C(O)O. The summed E-state index contributed by atoms with van der Waals surface area (Å²) >= 11 is 1.54. The minimum Gasteiger partial charge on any atom is -0.367 e. The Morgan fingerprint density at radius 3 is 2.69 bits per heavy atom. The minimum atomic E-state index is -1.46. The average Bonchev–Trinajstić information content (AvgIpc) is 2.25. The molecule has 0 spiro atoms. The van der Waals surface area contributed by atoms with Crippen LogP contribution in [0.1, 0.15) is 25.7 Å². The number of aliphatic hydroxyl groups is 2. The molecule has 1 atom stereocenters. The van der Waals surface area contributed by atoms with Crippen LogP contribution in [0.5, 0.6) is 0 Å². The molecule has 0 aromatic heterocycles. The summed E-state index contributed by atoms with van der Waals surface area (Å²) in [6, 6.07) is -0.610. The van der Waals surface area contributed by atoms with E-state index in [1.54, 1.807) is 6.08 Å². The van der Waals surface area contributed by atoms with Gasteiger partial charge in [0.1, 0.15) is 5.78 Å². The molecule has 16 heavy (non-hydrogen) atoms. The number of rotatable bonds is 10. The highest BCUT2D eigenvalue weighted by Gasteiger charge is 2.10. The lowest BCUT2D eigenvalue weighted by molar-refractivity contribution is -0.119.